The van der Waals surface area contributed by atoms with Crippen LogP contribution in [-0.4, -0.2) is 15.6 Å². The van der Waals surface area contributed by atoms with E-state index < -0.39 is 0 Å². The van der Waals surface area contributed by atoms with Gasteiger partial charge in [-0.05, 0) is 37.3 Å². The highest BCUT2D eigenvalue weighted by Gasteiger charge is 2.21. The van der Waals surface area contributed by atoms with E-state index in [4.69, 9.17) is 67.2 Å². The van der Waals surface area contributed by atoms with E-state index in [-0.39, 0.29) is 43.3 Å². The van der Waals surface area contributed by atoms with E-state index in [0.717, 1.165) is 0 Å². The van der Waals surface area contributed by atoms with Crippen molar-refractivity contribution in [3.8, 4) is 5.75 Å². The first-order valence-electron chi connectivity index (χ1n) is 8.30. The predicted molar refractivity (Wildman–Crippen MR) is 116 cm³/mol. The van der Waals surface area contributed by atoms with Crippen LogP contribution in [0, 0.1) is 0 Å². The minimum atomic E-state index is -0.226. The van der Waals surface area contributed by atoms with Crippen LogP contribution in [0.3, 0.4) is 0 Å². The van der Waals surface area contributed by atoms with Crippen molar-refractivity contribution >= 4 is 69.9 Å². The van der Waals surface area contributed by atoms with E-state index in [9.17, 15) is 4.79 Å². The number of benzene rings is 1. The van der Waals surface area contributed by atoms with E-state index in [1.54, 1.807) is 35.2 Å². The molecule has 0 aliphatic carbocycles. The minimum absolute atomic E-state index is 0.0103. The van der Waals surface area contributed by atoms with Gasteiger partial charge in [-0.25, -0.2) is 0 Å². The van der Waals surface area contributed by atoms with Crippen molar-refractivity contribution in [3.05, 3.63) is 72.8 Å². The molecule has 5 nitrogen and oxygen atoms in total. The Hall–Kier alpha value is -1.63. The highest BCUT2D eigenvalue weighted by molar-refractivity contribution is 6.55. The molecule has 152 valence electrons. The molecular weight excluding hydrogens is 481 g/mol. The Balaban J connectivity index is 1.68. The fourth-order valence-electron chi connectivity index (χ4n) is 2.33. The third-order valence-corrected chi connectivity index (χ3v) is 6.07. The number of hydrogen-bond acceptors (Lipinski definition) is 4. The summed E-state index contributed by atoms with van der Waals surface area (Å²) in [5.74, 6) is 0.816. The SMILES string of the molecule is CCn1ccc(C(=O)/C=C/c2ccc(COc3c(Cl)c(Cl)c(Cl)c(Cl)c3Cl)o2)n1. The van der Waals surface area contributed by atoms with Gasteiger partial charge in [0.15, 0.2) is 5.75 Å². The second-order valence-corrected chi connectivity index (χ2v) is 7.64. The fraction of sp³-hybridized carbons (Fsp3) is 0.158. The summed E-state index contributed by atoms with van der Waals surface area (Å²) in [5.41, 5.74) is 0.360. The van der Waals surface area contributed by atoms with Crippen LogP contribution in [-0.2, 0) is 13.2 Å². The molecule has 0 aliphatic heterocycles. The summed E-state index contributed by atoms with van der Waals surface area (Å²) < 4.78 is 12.9. The Morgan fingerprint density at radius 2 is 1.72 bits per heavy atom. The summed E-state index contributed by atoms with van der Waals surface area (Å²) in [4.78, 5) is 12.1. The second-order valence-electron chi connectivity index (χ2n) is 5.75. The number of ether oxygens (including phenoxy) is 1. The van der Waals surface area contributed by atoms with Gasteiger partial charge in [-0.15, -0.1) is 0 Å². The number of carbonyl (C=O) groups is 1. The molecule has 0 aliphatic rings. The van der Waals surface area contributed by atoms with Crippen molar-refractivity contribution in [2.24, 2.45) is 0 Å². The summed E-state index contributed by atoms with van der Waals surface area (Å²) in [6, 6.07) is 5.04. The van der Waals surface area contributed by atoms with Gasteiger partial charge in [0.2, 0.25) is 5.78 Å². The zero-order valence-electron chi connectivity index (χ0n) is 14.9. The van der Waals surface area contributed by atoms with E-state index >= 15 is 0 Å². The van der Waals surface area contributed by atoms with Gasteiger partial charge in [-0.3, -0.25) is 9.48 Å². The van der Waals surface area contributed by atoms with Crippen LogP contribution in [0.5, 0.6) is 5.75 Å². The third-order valence-electron chi connectivity index (χ3n) is 3.83. The summed E-state index contributed by atoms with van der Waals surface area (Å²) in [6.07, 6.45) is 4.68. The first-order valence-corrected chi connectivity index (χ1v) is 10.2. The molecular formula is C19H13Cl5N2O3. The number of nitrogens with zero attached hydrogens (tertiary/aromatic N) is 2. The average Bonchev–Trinajstić information content (AvgIpc) is 3.38. The lowest BCUT2D eigenvalue weighted by atomic mass is 10.2. The predicted octanol–water partition coefficient (Wildman–Crippen LogP) is 7.24. The van der Waals surface area contributed by atoms with E-state index in [1.165, 1.54) is 6.08 Å². The molecule has 10 heteroatoms. The minimum Gasteiger partial charge on any atom is -0.482 e. The molecule has 0 N–H and O–H groups in total. The molecule has 0 bridgehead atoms. The highest BCUT2D eigenvalue weighted by Crippen LogP contribution is 2.48. The van der Waals surface area contributed by atoms with Crippen LogP contribution >= 0.6 is 58.0 Å². The molecule has 0 amide bonds. The quantitative estimate of drug-likeness (QED) is 0.150. The van der Waals surface area contributed by atoms with E-state index in [0.29, 0.717) is 23.8 Å². The summed E-state index contributed by atoms with van der Waals surface area (Å²) in [6.45, 7) is 2.64. The number of rotatable bonds is 7. The maximum Gasteiger partial charge on any atom is 0.206 e. The van der Waals surface area contributed by atoms with Gasteiger partial charge < -0.3 is 9.15 Å². The zero-order valence-corrected chi connectivity index (χ0v) is 18.7. The summed E-state index contributed by atoms with van der Waals surface area (Å²) >= 11 is 30.2. The number of carbonyl (C=O) groups excluding carboxylic acids is 1. The number of ketones is 1. The normalized spacial score (nSPS) is 11.4. The molecule has 3 rings (SSSR count). The monoisotopic (exact) mass is 492 g/mol. The van der Waals surface area contributed by atoms with Crippen molar-refractivity contribution in [2.45, 2.75) is 20.1 Å². The Kier molecular flexibility index (Phi) is 7.19. The van der Waals surface area contributed by atoms with Gasteiger partial charge in [0.1, 0.15) is 33.9 Å². The lowest BCUT2D eigenvalue weighted by molar-refractivity contribution is 0.104. The molecule has 29 heavy (non-hydrogen) atoms. The Morgan fingerprint density at radius 1 is 1.07 bits per heavy atom. The van der Waals surface area contributed by atoms with E-state index in [2.05, 4.69) is 5.10 Å². The van der Waals surface area contributed by atoms with Crippen molar-refractivity contribution in [3.63, 3.8) is 0 Å². The van der Waals surface area contributed by atoms with Crippen LogP contribution in [0.15, 0.2) is 34.9 Å². The molecule has 0 atom stereocenters. The molecule has 0 unspecified atom stereocenters. The van der Waals surface area contributed by atoms with Crippen LogP contribution < -0.4 is 4.74 Å². The number of hydrogen-bond donors (Lipinski definition) is 0. The summed E-state index contributed by atoms with van der Waals surface area (Å²) in [7, 11) is 0. The van der Waals surface area contributed by atoms with Crippen molar-refractivity contribution in [1.29, 1.82) is 0 Å². The molecule has 1 aromatic carbocycles. The van der Waals surface area contributed by atoms with E-state index in [1.807, 2.05) is 6.92 Å². The first-order chi connectivity index (χ1) is 13.8. The molecule has 2 aromatic heterocycles. The van der Waals surface area contributed by atoms with Crippen LogP contribution in [0.2, 0.25) is 25.1 Å². The molecule has 0 saturated heterocycles. The van der Waals surface area contributed by atoms with Gasteiger partial charge >= 0.3 is 0 Å². The van der Waals surface area contributed by atoms with Gasteiger partial charge in [0, 0.05) is 12.7 Å². The smallest absolute Gasteiger partial charge is 0.206 e. The molecule has 0 fully saturated rings. The number of halogens is 5. The van der Waals surface area contributed by atoms with Crippen molar-refractivity contribution in [1.82, 2.24) is 9.78 Å². The number of aryl methyl sites for hydroxylation is 1. The van der Waals surface area contributed by atoms with Crippen LogP contribution in [0.1, 0.15) is 28.9 Å². The van der Waals surface area contributed by atoms with Gasteiger partial charge in [0.05, 0.1) is 15.1 Å². The van der Waals surface area contributed by atoms with Crippen LogP contribution in [0.25, 0.3) is 6.08 Å². The van der Waals surface area contributed by atoms with Crippen molar-refractivity contribution < 1.29 is 13.9 Å². The average molecular weight is 495 g/mol. The largest absolute Gasteiger partial charge is 0.482 e. The molecule has 3 aromatic rings. The van der Waals surface area contributed by atoms with Gasteiger partial charge in [-0.1, -0.05) is 58.0 Å². The third kappa shape index (κ3) is 4.93. The van der Waals surface area contributed by atoms with Crippen molar-refractivity contribution in [2.75, 3.05) is 0 Å². The first kappa shape index (κ1) is 22.1. The molecule has 2 heterocycles. The Labute approximate surface area is 191 Å². The van der Waals surface area contributed by atoms with Gasteiger partial charge in [0.25, 0.3) is 0 Å². The van der Waals surface area contributed by atoms with Gasteiger partial charge in [-0.2, -0.15) is 5.10 Å². The van der Waals surface area contributed by atoms with Crippen LogP contribution in [0.4, 0.5) is 0 Å². The lowest BCUT2D eigenvalue weighted by Crippen LogP contribution is -1.99. The number of furan rings is 1. The summed E-state index contributed by atoms with van der Waals surface area (Å²) in [5, 5.41) is 4.40. The highest BCUT2D eigenvalue weighted by atomic mass is 35.5. The zero-order chi connectivity index (χ0) is 21.1. The molecule has 0 spiro atoms. The maximum atomic E-state index is 12.1. The maximum absolute atomic E-state index is 12.1. The Bertz CT molecular complexity index is 1060. The lowest BCUT2D eigenvalue weighted by Gasteiger charge is -2.12. The number of allylic oxidation sites excluding steroid dienone is 1. The fourth-order valence-corrected chi connectivity index (χ4v) is 3.56. The number of aromatic nitrogens is 2. The molecule has 0 saturated carbocycles. The standard InChI is InChI=1S/C19H13Cl5N2O3/c1-2-26-8-7-12(25-26)13(27)6-5-10-3-4-11(29-10)9-28-19-17(23)15(21)14(20)16(22)18(19)24/h3-8H,2,9H2,1H3/b6-5+. The Morgan fingerprint density at radius 3 is 2.34 bits per heavy atom. The second kappa shape index (κ2) is 9.45. The molecule has 0 radical (unpaired) electrons. The topological polar surface area (TPSA) is 57.3 Å².